The molecule has 2 unspecified atom stereocenters. The third-order valence-electron chi connectivity index (χ3n) is 6.42. The van der Waals surface area contributed by atoms with Crippen LogP contribution in [0.2, 0.25) is 0 Å². The van der Waals surface area contributed by atoms with Crippen LogP contribution in [-0.4, -0.2) is 54.7 Å². The summed E-state index contributed by atoms with van der Waals surface area (Å²) >= 11 is 0. The van der Waals surface area contributed by atoms with E-state index in [-0.39, 0.29) is 17.4 Å². The van der Waals surface area contributed by atoms with Gasteiger partial charge in [-0.3, -0.25) is 9.59 Å². The Kier molecular flexibility index (Phi) is 7.76. The molecule has 2 atom stereocenters. The number of hydrogen-bond acceptors (Lipinski definition) is 6. The number of likely N-dealkylation sites (tertiary alicyclic amines) is 1. The number of benzene rings is 2. The second-order valence-corrected chi connectivity index (χ2v) is 9.06. The Morgan fingerprint density at radius 2 is 1.89 bits per heavy atom. The van der Waals surface area contributed by atoms with Crippen molar-refractivity contribution in [2.24, 2.45) is 0 Å². The van der Waals surface area contributed by atoms with Gasteiger partial charge in [-0.25, -0.2) is 0 Å². The number of rotatable bonds is 10. The Labute approximate surface area is 206 Å². The maximum absolute atomic E-state index is 13.2. The van der Waals surface area contributed by atoms with Crippen LogP contribution >= 0.6 is 0 Å². The molecule has 2 heterocycles. The average Bonchev–Trinajstić information content (AvgIpc) is 3.35. The van der Waals surface area contributed by atoms with Crippen LogP contribution in [0, 0.1) is 0 Å². The molecule has 1 amide bonds. The van der Waals surface area contributed by atoms with Crippen LogP contribution in [0.5, 0.6) is 11.5 Å². The topological polar surface area (TPSA) is 85.3 Å². The van der Waals surface area contributed by atoms with Gasteiger partial charge in [0.25, 0.3) is 11.7 Å². The molecule has 2 aromatic rings. The van der Waals surface area contributed by atoms with E-state index in [4.69, 9.17) is 14.2 Å². The third kappa shape index (κ3) is 5.20. The van der Waals surface area contributed by atoms with Crippen LogP contribution < -0.4 is 9.47 Å². The number of hydrogen-bond donors (Lipinski definition) is 1. The standard InChI is InChI=1S/C28H33NO6/c1-4-5-15-34-22-10-7-19(8-11-22)25-24(27(31)28(32)29(25)13-6-14-33-3)26(30)20-9-12-23-21(17-20)16-18(2)35-23/h7-12,17-18,25,30H,4-6,13-16H2,1-3H3. The fraction of sp³-hybridized carbons (Fsp3) is 0.429. The van der Waals surface area contributed by atoms with Crippen LogP contribution in [0.4, 0.5) is 0 Å². The van der Waals surface area contributed by atoms with Crippen molar-refractivity contribution < 1.29 is 28.9 Å². The molecule has 0 radical (unpaired) electrons. The Hall–Kier alpha value is -3.32. The Morgan fingerprint density at radius 1 is 1.11 bits per heavy atom. The van der Waals surface area contributed by atoms with Crippen molar-refractivity contribution in [3.8, 4) is 11.5 Å². The normalized spacial score (nSPS) is 20.7. The maximum Gasteiger partial charge on any atom is 0.295 e. The molecule has 1 fully saturated rings. The molecule has 2 aliphatic heterocycles. The Morgan fingerprint density at radius 3 is 2.60 bits per heavy atom. The number of ether oxygens (including phenoxy) is 3. The number of methoxy groups -OCH3 is 1. The largest absolute Gasteiger partial charge is 0.507 e. The molecule has 7 heteroatoms. The van der Waals surface area contributed by atoms with Crippen molar-refractivity contribution in [2.45, 2.75) is 51.7 Å². The van der Waals surface area contributed by atoms with Crippen molar-refractivity contribution in [3.05, 3.63) is 64.7 Å². The predicted octanol–water partition coefficient (Wildman–Crippen LogP) is 4.65. The van der Waals surface area contributed by atoms with Gasteiger partial charge in [-0.1, -0.05) is 25.5 Å². The minimum atomic E-state index is -0.694. The number of ketones is 1. The fourth-order valence-electron chi connectivity index (χ4n) is 4.64. The molecule has 2 aliphatic rings. The molecule has 0 aliphatic carbocycles. The van der Waals surface area contributed by atoms with E-state index in [1.807, 2.05) is 37.3 Å². The van der Waals surface area contributed by atoms with E-state index in [2.05, 4.69) is 6.92 Å². The highest BCUT2D eigenvalue weighted by Crippen LogP contribution is 2.41. The minimum absolute atomic E-state index is 0.0619. The Bertz CT molecular complexity index is 1110. The molecular formula is C28H33NO6. The first-order valence-electron chi connectivity index (χ1n) is 12.2. The van der Waals surface area contributed by atoms with Gasteiger partial charge in [0.1, 0.15) is 23.4 Å². The summed E-state index contributed by atoms with van der Waals surface area (Å²) in [4.78, 5) is 27.8. The number of fused-ring (bicyclic) bond motifs is 1. The first-order chi connectivity index (χ1) is 16.9. The molecule has 7 nitrogen and oxygen atoms in total. The molecule has 35 heavy (non-hydrogen) atoms. The van der Waals surface area contributed by atoms with E-state index in [1.54, 1.807) is 19.2 Å². The summed E-state index contributed by atoms with van der Waals surface area (Å²) in [6.07, 6.45) is 3.37. The zero-order valence-corrected chi connectivity index (χ0v) is 20.6. The van der Waals surface area contributed by atoms with Crippen molar-refractivity contribution in [1.82, 2.24) is 4.90 Å². The quantitative estimate of drug-likeness (QED) is 0.231. The summed E-state index contributed by atoms with van der Waals surface area (Å²) in [6.45, 7) is 5.52. The lowest BCUT2D eigenvalue weighted by molar-refractivity contribution is -0.140. The average molecular weight is 480 g/mol. The fourth-order valence-corrected chi connectivity index (χ4v) is 4.64. The molecular weight excluding hydrogens is 446 g/mol. The van der Waals surface area contributed by atoms with E-state index in [9.17, 15) is 14.7 Å². The smallest absolute Gasteiger partial charge is 0.295 e. The van der Waals surface area contributed by atoms with E-state index >= 15 is 0 Å². The molecule has 1 N–H and O–H groups in total. The Balaban J connectivity index is 1.72. The SMILES string of the molecule is CCCCOc1ccc(C2C(=C(O)c3ccc4c(c3)CC(C)O4)C(=O)C(=O)N2CCCOC)cc1. The molecule has 0 saturated carbocycles. The van der Waals surface area contributed by atoms with Crippen molar-refractivity contribution in [2.75, 3.05) is 26.9 Å². The number of aliphatic hydroxyl groups excluding tert-OH is 1. The molecule has 2 aromatic carbocycles. The lowest BCUT2D eigenvalue weighted by atomic mass is 9.94. The van der Waals surface area contributed by atoms with Gasteiger partial charge < -0.3 is 24.2 Å². The second-order valence-electron chi connectivity index (χ2n) is 9.06. The summed E-state index contributed by atoms with van der Waals surface area (Å²) in [6, 6.07) is 12.1. The summed E-state index contributed by atoms with van der Waals surface area (Å²) in [5.41, 5.74) is 2.31. The van der Waals surface area contributed by atoms with Crippen molar-refractivity contribution in [1.29, 1.82) is 0 Å². The lowest BCUT2D eigenvalue weighted by Crippen LogP contribution is -2.31. The maximum atomic E-state index is 13.2. The van der Waals surface area contributed by atoms with Crippen molar-refractivity contribution >= 4 is 17.4 Å². The molecule has 4 rings (SSSR count). The number of aliphatic hydroxyl groups is 1. The first-order valence-corrected chi connectivity index (χ1v) is 12.2. The van der Waals surface area contributed by atoms with E-state index in [1.165, 1.54) is 4.90 Å². The first kappa shape index (κ1) is 24.8. The highest BCUT2D eigenvalue weighted by atomic mass is 16.5. The number of nitrogens with zero attached hydrogens (tertiary/aromatic N) is 1. The molecule has 0 bridgehead atoms. The number of Topliss-reactive ketones (excluding diaryl/α,β-unsaturated/α-hetero) is 1. The van der Waals surface area contributed by atoms with Gasteiger partial charge >= 0.3 is 0 Å². The summed E-state index contributed by atoms with van der Waals surface area (Å²) in [5.74, 6) is 0.0381. The van der Waals surface area contributed by atoms with Crippen LogP contribution in [0.25, 0.3) is 5.76 Å². The van der Waals surface area contributed by atoms with Gasteiger partial charge in [0, 0.05) is 32.2 Å². The van der Waals surface area contributed by atoms with Gasteiger partial charge in [-0.15, -0.1) is 0 Å². The van der Waals surface area contributed by atoms with Crippen molar-refractivity contribution in [3.63, 3.8) is 0 Å². The summed E-state index contributed by atoms with van der Waals surface area (Å²) in [5, 5.41) is 11.3. The van der Waals surface area contributed by atoms with E-state index in [0.29, 0.717) is 31.7 Å². The summed E-state index contributed by atoms with van der Waals surface area (Å²) < 4.78 is 16.7. The highest BCUT2D eigenvalue weighted by Gasteiger charge is 2.45. The van der Waals surface area contributed by atoms with E-state index in [0.717, 1.165) is 41.9 Å². The van der Waals surface area contributed by atoms with Crippen LogP contribution in [0.3, 0.4) is 0 Å². The number of amides is 1. The molecule has 0 spiro atoms. The molecule has 0 aromatic heterocycles. The number of carbonyl (C=O) groups excluding carboxylic acids is 2. The number of carbonyl (C=O) groups is 2. The molecule has 1 saturated heterocycles. The van der Waals surface area contributed by atoms with Gasteiger partial charge in [0.2, 0.25) is 0 Å². The highest BCUT2D eigenvalue weighted by molar-refractivity contribution is 6.46. The van der Waals surface area contributed by atoms with Gasteiger partial charge in [-0.2, -0.15) is 0 Å². The van der Waals surface area contributed by atoms with Gasteiger partial charge in [0.05, 0.1) is 18.2 Å². The van der Waals surface area contributed by atoms with Crippen LogP contribution in [-0.2, 0) is 20.7 Å². The second kappa shape index (κ2) is 11.0. The monoisotopic (exact) mass is 479 g/mol. The predicted molar refractivity (Wildman–Crippen MR) is 133 cm³/mol. The number of unbranched alkanes of at least 4 members (excludes halogenated alkanes) is 1. The van der Waals surface area contributed by atoms with E-state index < -0.39 is 17.7 Å². The lowest BCUT2D eigenvalue weighted by Gasteiger charge is -2.25. The van der Waals surface area contributed by atoms with Gasteiger partial charge in [0.15, 0.2) is 0 Å². The zero-order chi connectivity index (χ0) is 24.9. The van der Waals surface area contributed by atoms with Gasteiger partial charge in [-0.05, 0) is 61.2 Å². The van der Waals surface area contributed by atoms with Crippen LogP contribution in [0.15, 0.2) is 48.0 Å². The summed E-state index contributed by atoms with van der Waals surface area (Å²) in [7, 11) is 1.60. The molecule has 186 valence electrons. The zero-order valence-electron chi connectivity index (χ0n) is 20.6. The van der Waals surface area contributed by atoms with Crippen LogP contribution in [0.1, 0.15) is 55.8 Å². The third-order valence-corrected chi connectivity index (χ3v) is 6.42. The minimum Gasteiger partial charge on any atom is -0.507 e.